The van der Waals surface area contributed by atoms with Crippen molar-refractivity contribution in [3.63, 3.8) is 0 Å². The number of aryl methyl sites for hydroxylation is 4. The van der Waals surface area contributed by atoms with E-state index in [9.17, 15) is 9.59 Å². The number of thioether (sulfide) groups is 1. The van der Waals surface area contributed by atoms with Gasteiger partial charge >= 0.3 is 0 Å². The molecule has 0 spiro atoms. The van der Waals surface area contributed by atoms with Crippen molar-refractivity contribution < 1.29 is 4.79 Å². The largest absolute Gasteiger partial charge is 0.325 e. The van der Waals surface area contributed by atoms with Crippen molar-refractivity contribution >= 4 is 44.9 Å². The maximum absolute atomic E-state index is 13.7. The number of hydrogen-bond donors (Lipinski definition) is 1. The molecule has 2 aromatic heterocycles. The molecule has 33 heavy (non-hydrogen) atoms. The van der Waals surface area contributed by atoms with E-state index in [0.717, 1.165) is 45.7 Å². The van der Waals surface area contributed by atoms with Crippen LogP contribution in [0.3, 0.4) is 0 Å². The SMILES string of the molecule is CCCc1sc2nc(SCC(=O)Nc3ccc(C)cc3)n(-c3cccc(C)c3)c(=O)c2c1C. The number of carbonyl (C=O) groups excluding carboxylic acids is 1. The molecule has 0 saturated carbocycles. The molecule has 7 heteroatoms. The molecule has 0 fully saturated rings. The molecule has 0 aliphatic heterocycles. The van der Waals surface area contributed by atoms with E-state index in [2.05, 4.69) is 12.2 Å². The minimum atomic E-state index is -0.136. The second kappa shape index (κ2) is 9.93. The van der Waals surface area contributed by atoms with Crippen molar-refractivity contribution in [3.8, 4) is 5.69 Å². The molecule has 0 atom stereocenters. The topological polar surface area (TPSA) is 64.0 Å². The first kappa shape index (κ1) is 23.3. The molecule has 0 aliphatic rings. The van der Waals surface area contributed by atoms with Gasteiger partial charge in [0.15, 0.2) is 5.16 Å². The number of hydrogen-bond acceptors (Lipinski definition) is 5. The van der Waals surface area contributed by atoms with Crippen LogP contribution >= 0.6 is 23.1 Å². The van der Waals surface area contributed by atoms with Crippen LogP contribution in [0.2, 0.25) is 0 Å². The van der Waals surface area contributed by atoms with E-state index in [1.807, 2.05) is 69.3 Å². The van der Waals surface area contributed by atoms with Crippen molar-refractivity contribution in [2.75, 3.05) is 11.1 Å². The minimum absolute atomic E-state index is 0.0804. The normalized spacial score (nSPS) is 11.2. The maximum atomic E-state index is 13.7. The third-order valence-electron chi connectivity index (χ3n) is 5.44. The highest BCUT2D eigenvalue weighted by Crippen LogP contribution is 2.31. The summed E-state index contributed by atoms with van der Waals surface area (Å²) in [6.45, 7) is 8.15. The summed E-state index contributed by atoms with van der Waals surface area (Å²) in [5, 5.41) is 4.13. The number of nitrogens with one attached hydrogen (secondary N) is 1. The fourth-order valence-corrected chi connectivity index (χ4v) is 5.86. The van der Waals surface area contributed by atoms with Gasteiger partial charge in [-0.3, -0.25) is 14.2 Å². The van der Waals surface area contributed by atoms with Gasteiger partial charge in [-0.05, 0) is 62.6 Å². The summed E-state index contributed by atoms with van der Waals surface area (Å²) in [7, 11) is 0. The molecule has 0 radical (unpaired) electrons. The summed E-state index contributed by atoms with van der Waals surface area (Å²) in [5.41, 5.74) is 4.65. The maximum Gasteiger partial charge on any atom is 0.267 e. The van der Waals surface area contributed by atoms with Gasteiger partial charge in [-0.15, -0.1) is 11.3 Å². The summed E-state index contributed by atoms with van der Waals surface area (Å²) in [5.74, 6) is 0.0205. The number of thiophene rings is 1. The number of fused-ring (bicyclic) bond motifs is 1. The van der Waals surface area contributed by atoms with Crippen molar-refractivity contribution in [1.29, 1.82) is 0 Å². The zero-order valence-corrected chi connectivity index (χ0v) is 20.9. The molecule has 0 aliphatic carbocycles. The quantitative estimate of drug-likeness (QED) is 0.260. The minimum Gasteiger partial charge on any atom is -0.325 e. The van der Waals surface area contributed by atoms with Gasteiger partial charge in [0.25, 0.3) is 5.56 Å². The van der Waals surface area contributed by atoms with Crippen molar-refractivity contribution in [1.82, 2.24) is 9.55 Å². The third kappa shape index (κ3) is 5.04. The van der Waals surface area contributed by atoms with Crippen molar-refractivity contribution in [3.05, 3.63) is 80.5 Å². The lowest BCUT2D eigenvalue weighted by Gasteiger charge is -2.13. The standard InChI is InChI=1S/C26H27N3O2S2/c1-5-7-21-18(4)23-24(33-21)28-26(29(25(23)31)20-9-6-8-17(3)14-20)32-15-22(30)27-19-12-10-16(2)11-13-19/h6,8-14H,5,7,15H2,1-4H3,(H,27,30). The summed E-state index contributed by atoms with van der Waals surface area (Å²) in [6.07, 6.45) is 1.94. The van der Waals surface area contributed by atoms with Gasteiger partial charge in [-0.1, -0.05) is 54.9 Å². The van der Waals surface area contributed by atoms with E-state index in [0.29, 0.717) is 10.5 Å². The predicted molar refractivity (Wildman–Crippen MR) is 139 cm³/mol. The monoisotopic (exact) mass is 477 g/mol. The number of nitrogens with zero attached hydrogens (tertiary/aromatic N) is 2. The number of benzene rings is 2. The number of carbonyl (C=O) groups is 1. The molecule has 0 saturated heterocycles. The molecule has 2 heterocycles. The second-order valence-corrected chi connectivity index (χ2v) is 10.2. The van der Waals surface area contributed by atoms with Crippen molar-refractivity contribution in [2.45, 2.75) is 45.7 Å². The number of anilines is 1. The summed E-state index contributed by atoms with van der Waals surface area (Å²) < 4.78 is 1.65. The van der Waals surface area contributed by atoms with E-state index >= 15 is 0 Å². The lowest BCUT2D eigenvalue weighted by Crippen LogP contribution is -2.23. The molecule has 4 aromatic rings. The highest BCUT2D eigenvalue weighted by Gasteiger charge is 2.20. The first-order valence-electron chi connectivity index (χ1n) is 11.0. The number of aromatic nitrogens is 2. The van der Waals surface area contributed by atoms with Gasteiger partial charge in [0.1, 0.15) is 4.83 Å². The zero-order valence-electron chi connectivity index (χ0n) is 19.3. The third-order valence-corrected chi connectivity index (χ3v) is 7.62. The molecule has 170 valence electrons. The van der Waals surface area contributed by atoms with Crippen molar-refractivity contribution in [2.24, 2.45) is 0 Å². The summed E-state index contributed by atoms with van der Waals surface area (Å²) >= 11 is 2.87. The zero-order chi connectivity index (χ0) is 23.5. The molecule has 4 rings (SSSR count). The van der Waals surface area contributed by atoms with Crippen LogP contribution in [-0.4, -0.2) is 21.2 Å². The van der Waals surface area contributed by atoms with E-state index in [4.69, 9.17) is 4.98 Å². The Hall–Kier alpha value is -2.90. The molecule has 2 aromatic carbocycles. The van der Waals surface area contributed by atoms with Gasteiger partial charge in [-0.25, -0.2) is 4.98 Å². The first-order valence-corrected chi connectivity index (χ1v) is 12.8. The van der Waals surface area contributed by atoms with Gasteiger partial charge < -0.3 is 5.32 Å². The van der Waals surface area contributed by atoms with Crippen LogP contribution in [0.1, 0.15) is 34.9 Å². The highest BCUT2D eigenvalue weighted by molar-refractivity contribution is 7.99. The Morgan fingerprint density at radius 1 is 1.09 bits per heavy atom. The van der Waals surface area contributed by atoms with E-state index in [1.165, 1.54) is 16.6 Å². The first-order chi connectivity index (χ1) is 15.9. The Labute approximate surface area is 201 Å². The smallest absolute Gasteiger partial charge is 0.267 e. The molecule has 0 bridgehead atoms. The van der Waals surface area contributed by atoms with Gasteiger partial charge in [0, 0.05) is 10.6 Å². The van der Waals surface area contributed by atoms with Crippen LogP contribution in [0.4, 0.5) is 5.69 Å². The average Bonchev–Trinajstić information content (AvgIpc) is 3.09. The van der Waals surface area contributed by atoms with Gasteiger partial charge in [0.05, 0.1) is 16.8 Å². The lowest BCUT2D eigenvalue weighted by atomic mass is 10.1. The molecular weight excluding hydrogens is 450 g/mol. The Morgan fingerprint density at radius 2 is 1.85 bits per heavy atom. The molecule has 1 N–H and O–H groups in total. The van der Waals surface area contributed by atoms with Gasteiger partial charge in [0.2, 0.25) is 5.91 Å². The van der Waals surface area contributed by atoms with Crippen LogP contribution in [-0.2, 0) is 11.2 Å². The van der Waals surface area contributed by atoms with E-state index < -0.39 is 0 Å². The lowest BCUT2D eigenvalue weighted by molar-refractivity contribution is -0.113. The Kier molecular flexibility index (Phi) is 7.00. The van der Waals surface area contributed by atoms with Crippen LogP contribution < -0.4 is 10.9 Å². The van der Waals surface area contributed by atoms with Crippen LogP contribution in [0.15, 0.2) is 58.5 Å². The van der Waals surface area contributed by atoms with E-state index in [1.54, 1.807) is 15.9 Å². The van der Waals surface area contributed by atoms with Crippen LogP contribution in [0.5, 0.6) is 0 Å². The molecule has 0 unspecified atom stereocenters. The Bertz CT molecular complexity index is 1370. The molecular formula is C26H27N3O2S2. The number of rotatable bonds is 7. The fourth-order valence-electron chi connectivity index (χ4n) is 3.73. The summed E-state index contributed by atoms with van der Waals surface area (Å²) in [4.78, 5) is 33.1. The number of amides is 1. The Morgan fingerprint density at radius 3 is 2.55 bits per heavy atom. The Balaban J connectivity index is 1.72. The second-order valence-electron chi connectivity index (χ2n) is 8.16. The van der Waals surface area contributed by atoms with Crippen LogP contribution in [0.25, 0.3) is 15.9 Å². The molecule has 5 nitrogen and oxygen atoms in total. The average molecular weight is 478 g/mol. The fraction of sp³-hybridized carbons (Fsp3) is 0.269. The van der Waals surface area contributed by atoms with Crippen LogP contribution in [0, 0.1) is 20.8 Å². The van der Waals surface area contributed by atoms with E-state index in [-0.39, 0.29) is 17.2 Å². The molecule has 1 amide bonds. The summed E-state index contributed by atoms with van der Waals surface area (Å²) in [6, 6.07) is 15.5. The van der Waals surface area contributed by atoms with Gasteiger partial charge in [-0.2, -0.15) is 0 Å². The highest BCUT2D eigenvalue weighted by atomic mass is 32.2. The predicted octanol–water partition coefficient (Wildman–Crippen LogP) is 6.06.